The monoisotopic (exact) mass is 309 g/mol. The first kappa shape index (κ1) is 15.3. The first-order valence-corrected chi connectivity index (χ1v) is 7.10. The van der Waals surface area contributed by atoms with Gasteiger partial charge in [0.15, 0.2) is 18.1 Å². The van der Waals surface area contributed by atoms with Gasteiger partial charge >= 0.3 is 6.18 Å². The molecule has 0 fully saturated rings. The van der Waals surface area contributed by atoms with E-state index in [1.165, 1.54) is 11.8 Å². The van der Waals surface area contributed by atoms with Crippen LogP contribution in [0.3, 0.4) is 0 Å². The summed E-state index contributed by atoms with van der Waals surface area (Å²) in [5.41, 5.74) is 3.11. The van der Waals surface area contributed by atoms with Crippen LogP contribution in [0.15, 0.2) is 17.0 Å². The second-order valence-electron chi connectivity index (χ2n) is 4.03. The molecule has 1 aromatic carbocycles. The normalized spacial score (nSPS) is 14.4. The molecule has 8 heteroatoms. The van der Waals surface area contributed by atoms with E-state index in [1.807, 2.05) is 12.3 Å². The average Bonchev–Trinajstić information content (AvgIpc) is 2.41. The van der Waals surface area contributed by atoms with Crippen molar-refractivity contribution in [1.29, 1.82) is 0 Å². The molecule has 0 amide bonds. The van der Waals surface area contributed by atoms with Crippen LogP contribution in [0.5, 0.6) is 11.5 Å². The van der Waals surface area contributed by atoms with Crippen LogP contribution in [0.4, 0.5) is 13.2 Å². The van der Waals surface area contributed by atoms with Gasteiger partial charge in [0.1, 0.15) is 13.2 Å². The molecule has 1 heterocycles. The molecule has 0 bridgehead atoms. The van der Waals surface area contributed by atoms with Crippen LogP contribution in [-0.2, 0) is 11.4 Å². The largest absolute Gasteiger partial charge is 0.486 e. The van der Waals surface area contributed by atoms with E-state index in [9.17, 15) is 13.2 Å². The molecule has 0 radical (unpaired) electrons. The second kappa shape index (κ2) is 6.55. The van der Waals surface area contributed by atoms with Crippen molar-refractivity contribution in [2.24, 2.45) is 0 Å². The summed E-state index contributed by atoms with van der Waals surface area (Å²) in [6.07, 6.45) is -2.46. The molecule has 1 N–H and O–H groups in total. The Hall–Kier alpha value is -1.12. The van der Waals surface area contributed by atoms with Gasteiger partial charge in [0.25, 0.3) is 0 Å². The second-order valence-corrected chi connectivity index (χ2v) is 4.88. The lowest BCUT2D eigenvalue weighted by Gasteiger charge is -2.21. The van der Waals surface area contributed by atoms with Crippen molar-refractivity contribution in [1.82, 2.24) is 5.48 Å². The predicted octanol–water partition coefficient (Wildman–Crippen LogP) is 2.76. The average molecular weight is 309 g/mol. The first-order valence-electron chi connectivity index (χ1n) is 5.87. The molecule has 0 unspecified atom stereocenters. The van der Waals surface area contributed by atoms with Gasteiger partial charge in [-0.3, -0.25) is 4.84 Å². The minimum atomic E-state index is -4.35. The smallest absolute Gasteiger partial charge is 0.413 e. The highest BCUT2D eigenvalue weighted by Gasteiger charge is 2.27. The van der Waals surface area contributed by atoms with E-state index in [-0.39, 0.29) is 6.54 Å². The van der Waals surface area contributed by atoms with Gasteiger partial charge in [0.05, 0.1) is 0 Å². The topological polar surface area (TPSA) is 39.7 Å². The van der Waals surface area contributed by atoms with E-state index < -0.39 is 12.8 Å². The molecule has 1 aliphatic heterocycles. The summed E-state index contributed by atoms with van der Waals surface area (Å²) in [6, 6.07) is 3.57. The zero-order chi connectivity index (χ0) is 14.6. The van der Waals surface area contributed by atoms with Gasteiger partial charge in [-0.15, -0.1) is 11.8 Å². The van der Waals surface area contributed by atoms with E-state index in [0.717, 1.165) is 10.5 Å². The number of fused-ring (bicyclic) bond motifs is 1. The quantitative estimate of drug-likeness (QED) is 0.514. The Kier molecular flexibility index (Phi) is 5.00. The number of hydrogen-bond acceptors (Lipinski definition) is 5. The van der Waals surface area contributed by atoms with Gasteiger partial charge in [0.2, 0.25) is 0 Å². The SMILES string of the molecule is CSc1cc2c(cc1CNOCC(F)(F)F)OCCO2. The van der Waals surface area contributed by atoms with Crippen molar-refractivity contribution in [3.63, 3.8) is 0 Å². The third-order valence-corrected chi connectivity index (χ3v) is 3.37. The highest BCUT2D eigenvalue weighted by atomic mass is 32.2. The number of nitrogens with one attached hydrogen (secondary N) is 1. The predicted molar refractivity (Wildman–Crippen MR) is 68.1 cm³/mol. The van der Waals surface area contributed by atoms with E-state index >= 15 is 0 Å². The lowest BCUT2D eigenvalue weighted by atomic mass is 10.2. The molecule has 1 aliphatic rings. The van der Waals surface area contributed by atoms with Crippen molar-refractivity contribution in [2.45, 2.75) is 17.6 Å². The van der Waals surface area contributed by atoms with Crippen molar-refractivity contribution in [2.75, 3.05) is 26.1 Å². The molecular weight excluding hydrogens is 295 g/mol. The van der Waals surface area contributed by atoms with Gasteiger partial charge < -0.3 is 9.47 Å². The number of hydrogen-bond donors (Lipinski definition) is 1. The number of halogens is 3. The molecular formula is C12H14F3NO3S. The Bertz CT molecular complexity index is 468. The summed E-state index contributed by atoms with van der Waals surface area (Å²) in [5, 5.41) is 0. The minimum absolute atomic E-state index is 0.156. The lowest BCUT2D eigenvalue weighted by Crippen LogP contribution is -2.24. The minimum Gasteiger partial charge on any atom is -0.486 e. The van der Waals surface area contributed by atoms with Crippen molar-refractivity contribution < 1.29 is 27.5 Å². The Balaban J connectivity index is 1.99. The van der Waals surface area contributed by atoms with Crippen LogP contribution < -0.4 is 15.0 Å². The number of ether oxygens (including phenoxy) is 2. The number of hydroxylamine groups is 1. The van der Waals surface area contributed by atoms with Crippen molar-refractivity contribution >= 4 is 11.8 Å². The Labute approximate surface area is 118 Å². The van der Waals surface area contributed by atoms with E-state index in [4.69, 9.17) is 9.47 Å². The molecule has 0 saturated heterocycles. The number of thioether (sulfide) groups is 1. The fraction of sp³-hybridized carbons (Fsp3) is 0.500. The lowest BCUT2D eigenvalue weighted by molar-refractivity contribution is -0.190. The molecule has 4 nitrogen and oxygen atoms in total. The van der Waals surface area contributed by atoms with Crippen LogP contribution in [0.1, 0.15) is 5.56 Å². The maximum Gasteiger partial charge on any atom is 0.413 e. The summed E-state index contributed by atoms with van der Waals surface area (Å²) in [4.78, 5) is 5.29. The molecule has 0 spiro atoms. The zero-order valence-electron chi connectivity index (χ0n) is 10.8. The third kappa shape index (κ3) is 4.19. The molecule has 0 aliphatic carbocycles. The van der Waals surface area contributed by atoms with Gasteiger partial charge in [-0.2, -0.15) is 18.7 Å². The molecule has 0 aromatic heterocycles. The van der Waals surface area contributed by atoms with Crippen LogP contribution >= 0.6 is 11.8 Å². The summed E-state index contributed by atoms with van der Waals surface area (Å²) in [6.45, 7) is -0.217. The van der Waals surface area contributed by atoms with Gasteiger partial charge in [-0.1, -0.05) is 0 Å². The molecule has 112 valence electrons. The maximum absolute atomic E-state index is 11.9. The van der Waals surface area contributed by atoms with Crippen LogP contribution in [-0.4, -0.2) is 32.3 Å². The fourth-order valence-corrected chi connectivity index (χ4v) is 2.32. The first-order chi connectivity index (χ1) is 9.49. The van der Waals surface area contributed by atoms with Crippen LogP contribution in [0.2, 0.25) is 0 Å². The molecule has 1 aromatic rings. The molecule has 0 atom stereocenters. The Morgan fingerprint density at radius 1 is 1.25 bits per heavy atom. The summed E-state index contributed by atoms with van der Waals surface area (Å²) >= 11 is 1.48. The standard InChI is InChI=1S/C12H14F3NO3S/c1-20-11-5-10-9(17-2-3-18-10)4-8(11)6-16-19-7-12(13,14)15/h4-5,16H,2-3,6-7H2,1H3. The molecule has 20 heavy (non-hydrogen) atoms. The number of benzene rings is 1. The summed E-state index contributed by atoms with van der Waals surface area (Å²) in [7, 11) is 0. The van der Waals surface area contributed by atoms with Gasteiger partial charge in [0, 0.05) is 11.4 Å². The maximum atomic E-state index is 11.9. The van der Waals surface area contributed by atoms with E-state index in [1.54, 1.807) is 6.07 Å². The third-order valence-electron chi connectivity index (χ3n) is 2.55. The molecule has 0 saturated carbocycles. The highest BCUT2D eigenvalue weighted by Crippen LogP contribution is 2.36. The van der Waals surface area contributed by atoms with Crippen molar-refractivity contribution in [3.8, 4) is 11.5 Å². The summed E-state index contributed by atoms with van der Waals surface area (Å²) in [5.74, 6) is 1.25. The zero-order valence-corrected chi connectivity index (χ0v) is 11.6. The van der Waals surface area contributed by atoms with Gasteiger partial charge in [-0.25, -0.2) is 0 Å². The highest BCUT2D eigenvalue weighted by molar-refractivity contribution is 7.98. The number of alkyl halides is 3. The van der Waals surface area contributed by atoms with E-state index in [0.29, 0.717) is 24.7 Å². The fourth-order valence-electron chi connectivity index (χ4n) is 1.70. The Morgan fingerprint density at radius 2 is 1.90 bits per heavy atom. The van der Waals surface area contributed by atoms with Crippen LogP contribution in [0, 0.1) is 0 Å². The Morgan fingerprint density at radius 3 is 2.50 bits per heavy atom. The van der Waals surface area contributed by atoms with Gasteiger partial charge in [-0.05, 0) is 24.0 Å². The van der Waals surface area contributed by atoms with E-state index in [2.05, 4.69) is 10.3 Å². The van der Waals surface area contributed by atoms with Crippen LogP contribution in [0.25, 0.3) is 0 Å². The molecule has 2 rings (SSSR count). The summed E-state index contributed by atoms with van der Waals surface area (Å²) < 4.78 is 46.7. The van der Waals surface area contributed by atoms with Crippen molar-refractivity contribution in [3.05, 3.63) is 17.7 Å². The number of rotatable bonds is 5.